The van der Waals surface area contributed by atoms with Crippen LogP contribution in [-0.2, 0) is 14.3 Å². The van der Waals surface area contributed by atoms with E-state index in [1.807, 2.05) is 0 Å². The van der Waals surface area contributed by atoms with Crippen molar-refractivity contribution in [2.45, 2.75) is 45.6 Å². The van der Waals surface area contributed by atoms with Crippen molar-refractivity contribution in [2.75, 3.05) is 0 Å². The van der Waals surface area contributed by atoms with Crippen LogP contribution in [0.25, 0.3) is 0 Å². The topological polar surface area (TPSA) is 43.4 Å². The van der Waals surface area contributed by atoms with Gasteiger partial charge in [0.15, 0.2) is 0 Å². The summed E-state index contributed by atoms with van der Waals surface area (Å²) in [5.74, 6) is 1.61. The maximum atomic E-state index is 11.5. The number of fused-ring (bicyclic) bond motifs is 2. The molecule has 0 N–H and O–H groups in total. The summed E-state index contributed by atoms with van der Waals surface area (Å²) < 4.78 is 5.41. The summed E-state index contributed by atoms with van der Waals surface area (Å²) >= 11 is 0. The number of hydrogen-bond donors (Lipinski definition) is 0. The molecule has 1 heterocycles. The van der Waals surface area contributed by atoms with Crippen molar-refractivity contribution in [3.05, 3.63) is 12.2 Å². The average molecular weight is 248 g/mol. The number of hydrogen-bond acceptors (Lipinski definition) is 3. The Hall–Kier alpha value is -1.12. The van der Waals surface area contributed by atoms with Gasteiger partial charge in [-0.2, -0.15) is 0 Å². The maximum Gasteiger partial charge on any atom is 0.334 e. The van der Waals surface area contributed by atoms with Crippen molar-refractivity contribution in [3.63, 3.8) is 0 Å². The first kappa shape index (κ1) is 11.9. The Morgan fingerprint density at radius 3 is 2.94 bits per heavy atom. The zero-order chi connectivity index (χ0) is 13.1. The Kier molecular flexibility index (Phi) is 2.45. The second-order valence-electron chi connectivity index (χ2n) is 6.47. The van der Waals surface area contributed by atoms with Crippen LogP contribution in [0.15, 0.2) is 12.2 Å². The quantitative estimate of drug-likeness (QED) is 0.569. The molecule has 2 saturated carbocycles. The molecule has 3 heteroatoms. The lowest BCUT2D eigenvalue weighted by molar-refractivity contribution is -0.140. The van der Waals surface area contributed by atoms with Gasteiger partial charge in [0.05, 0.1) is 0 Å². The van der Waals surface area contributed by atoms with Gasteiger partial charge >= 0.3 is 5.97 Å². The molecule has 3 nitrogen and oxygen atoms in total. The summed E-state index contributed by atoms with van der Waals surface area (Å²) in [6, 6.07) is 0. The van der Waals surface area contributed by atoms with Crippen LogP contribution in [0.4, 0.5) is 0 Å². The van der Waals surface area contributed by atoms with Gasteiger partial charge in [0.25, 0.3) is 0 Å². The minimum Gasteiger partial charge on any atom is -0.458 e. The zero-order valence-electron chi connectivity index (χ0n) is 11.1. The molecule has 1 saturated heterocycles. The van der Waals surface area contributed by atoms with E-state index < -0.39 is 0 Å². The van der Waals surface area contributed by atoms with Gasteiger partial charge in [-0.1, -0.05) is 13.5 Å². The fraction of sp³-hybridized carbons (Fsp3) is 0.733. The van der Waals surface area contributed by atoms with Gasteiger partial charge in [-0.15, -0.1) is 0 Å². The summed E-state index contributed by atoms with van der Waals surface area (Å²) in [5, 5.41) is 0. The standard InChI is InChI=1S/C15H20O3/c1-8(16)4-5-11-12-6-10-9(2)14(17)18-13(10)7-15(11,12)3/h10-13H,2,4-7H2,1,3H3/t10-,11+,12+,13+,15+/m0/s1. The van der Waals surface area contributed by atoms with E-state index >= 15 is 0 Å². The third-order valence-electron chi connectivity index (χ3n) is 5.44. The highest BCUT2D eigenvalue weighted by Crippen LogP contribution is 2.70. The SMILES string of the molecule is C=C1C(=O)O[C@@H]2C[C@]3(C)[C@H](CCC(C)=O)[C@H]3C[C@@H]12. The molecule has 0 aromatic heterocycles. The van der Waals surface area contributed by atoms with Crippen LogP contribution in [-0.4, -0.2) is 17.9 Å². The van der Waals surface area contributed by atoms with Crippen LogP contribution >= 0.6 is 0 Å². The molecule has 3 rings (SSSR count). The molecule has 3 fully saturated rings. The lowest BCUT2D eigenvalue weighted by Crippen LogP contribution is -2.26. The molecule has 98 valence electrons. The van der Waals surface area contributed by atoms with Crippen LogP contribution in [0.2, 0.25) is 0 Å². The predicted molar refractivity (Wildman–Crippen MR) is 66.7 cm³/mol. The van der Waals surface area contributed by atoms with E-state index in [0.29, 0.717) is 29.2 Å². The maximum absolute atomic E-state index is 11.5. The molecular formula is C15H20O3. The predicted octanol–water partition coefficient (Wildman–Crippen LogP) is 2.50. The van der Waals surface area contributed by atoms with Crippen LogP contribution < -0.4 is 0 Å². The van der Waals surface area contributed by atoms with Crippen molar-refractivity contribution in [1.29, 1.82) is 0 Å². The number of carbonyl (C=O) groups is 2. The Balaban J connectivity index is 1.69. The molecular weight excluding hydrogens is 228 g/mol. The highest BCUT2D eigenvalue weighted by atomic mass is 16.6. The Bertz CT molecular complexity index is 439. The summed E-state index contributed by atoms with van der Waals surface area (Å²) in [6.07, 6.45) is 3.71. The van der Waals surface area contributed by atoms with Gasteiger partial charge in [-0.05, 0) is 43.4 Å². The fourth-order valence-electron chi connectivity index (χ4n) is 4.25. The molecule has 18 heavy (non-hydrogen) atoms. The number of carbonyl (C=O) groups excluding carboxylic acids is 2. The molecule has 0 spiro atoms. The highest BCUT2D eigenvalue weighted by Gasteiger charge is 2.66. The molecule has 0 amide bonds. The van der Waals surface area contributed by atoms with E-state index in [2.05, 4.69) is 13.5 Å². The number of ether oxygens (including phenoxy) is 1. The zero-order valence-corrected chi connectivity index (χ0v) is 11.1. The Morgan fingerprint density at radius 1 is 1.56 bits per heavy atom. The first-order chi connectivity index (χ1) is 8.43. The van der Waals surface area contributed by atoms with Crippen molar-refractivity contribution < 1.29 is 14.3 Å². The fourth-order valence-corrected chi connectivity index (χ4v) is 4.25. The smallest absolute Gasteiger partial charge is 0.334 e. The van der Waals surface area contributed by atoms with Gasteiger partial charge in [0.1, 0.15) is 11.9 Å². The summed E-state index contributed by atoms with van der Waals surface area (Å²) in [5.41, 5.74) is 0.959. The van der Waals surface area contributed by atoms with E-state index in [4.69, 9.17) is 4.74 Å². The molecule has 5 atom stereocenters. The van der Waals surface area contributed by atoms with E-state index in [9.17, 15) is 9.59 Å². The van der Waals surface area contributed by atoms with Crippen LogP contribution in [0, 0.1) is 23.2 Å². The second-order valence-corrected chi connectivity index (χ2v) is 6.47. The van der Waals surface area contributed by atoms with Crippen molar-refractivity contribution in [3.8, 4) is 0 Å². The monoisotopic (exact) mass is 248 g/mol. The number of Topliss-reactive ketones (excluding diaryl/α,β-unsaturated/α-hetero) is 1. The molecule has 0 bridgehead atoms. The lowest BCUT2D eigenvalue weighted by Gasteiger charge is -2.27. The van der Waals surface area contributed by atoms with Crippen LogP contribution in [0.3, 0.4) is 0 Å². The number of rotatable bonds is 3. The van der Waals surface area contributed by atoms with Crippen molar-refractivity contribution in [2.24, 2.45) is 23.2 Å². The second kappa shape index (κ2) is 3.69. The summed E-state index contributed by atoms with van der Waals surface area (Å²) in [4.78, 5) is 22.6. The normalized spacial score (nSPS) is 45.2. The van der Waals surface area contributed by atoms with E-state index in [1.54, 1.807) is 6.92 Å². The molecule has 0 radical (unpaired) electrons. The van der Waals surface area contributed by atoms with Crippen molar-refractivity contribution in [1.82, 2.24) is 0 Å². The third-order valence-corrected chi connectivity index (χ3v) is 5.44. The highest BCUT2D eigenvalue weighted by molar-refractivity contribution is 5.90. The van der Waals surface area contributed by atoms with E-state index in [0.717, 1.165) is 19.3 Å². The molecule has 0 aromatic carbocycles. The molecule has 0 unspecified atom stereocenters. The van der Waals surface area contributed by atoms with Crippen molar-refractivity contribution >= 4 is 11.8 Å². The van der Waals surface area contributed by atoms with Gasteiger partial charge < -0.3 is 9.53 Å². The van der Waals surface area contributed by atoms with E-state index in [1.165, 1.54) is 0 Å². The average Bonchev–Trinajstić information content (AvgIpc) is 2.77. The molecule has 3 aliphatic rings. The molecule has 2 aliphatic carbocycles. The third kappa shape index (κ3) is 1.56. The minimum atomic E-state index is -0.199. The molecule has 0 aromatic rings. The van der Waals surface area contributed by atoms with Crippen LogP contribution in [0.5, 0.6) is 0 Å². The molecule has 1 aliphatic heterocycles. The summed E-state index contributed by atoms with van der Waals surface area (Å²) in [7, 11) is 0. The number of ketones is 1. The van der Waals surface area contributed by atoms with Gasteiger partial charge in [-0.3, -0.25) is 0 Å². The lowest BCUT2D eigenvalue weighted by atomic mass is 9.79. The van der Waals surface area contributed by atoms with Crippen LogP contribution in [0.1, 0.15) is 39.5 Å². The first-order valence-corrected chi connectivity index (χ1v) is 6.82. The van der Waals surface area contributed by atoms with Gasteiger partial charge in [0, 0.05) is 17.9 Å². The number of esters is 1. The van der Waals surface area contributed by atoms with Gasteiger partial charge in [-0.25, -0.2) is 4.79 Å². The minimum absolute atomic E-state index is 0.0496. The first-order valence-electron chi connectivity index (χ1n) is 6.82. The Morgan fingerprint density at radius 2 is 2.28 bits per heavy atom. The largest absolute Gasteiger partial charge is 0.458 e. The summed E-state index contributed by atoms with van der Waals surface area (Å²) in [6.45, 7) is 7.81. The van der Waals surface area contributed by atoms with Gasteiger partial charge in [0.2, 0.25) is 0 Å². The Labute approximate surface area is 108 Å². The van der Waals surface area contributed by atoms with E-state index in [-0.39, 0.29) is 23.8 Å².